The highest BCUT2D eigenvalue weighted by Crippen LogP contribution is 2.18. The highest BCUT2D eigenvalue weighted by Gasteiger charge is 2.13. The lowest BCUT2D eigenvalue weighted by atomic mass is 10.1. The number of benzene rings is 1. The molecule has 1 amide bonds. The van der Waals surface area contributed by atoms with Gasteiger partial charge in [0.2, 0.25) is 5.91 Å². The van der Waals surface area contributed by atoms with Gasteiger partial charge in [-0.05, 0) is 25.1 Å². The standard InChI is InChI=1S/C17H24N4OS/c1-12(2)11-20(4)15(22)9-10-21-16(18-19-17(21)23)14-7-5-13(3)6-8-14/h5-8,12H,9-11H2,1-4H3,(H,19,23). The molecular weight excluding hydrogens is 308 g/mol. The van der Waals surface area contributed by atoms with Gasteiger partial charge in [0, 0.05) is 32.1 Å². The molecule has 0 aliphatic rings. The van der Waals surface area contributed by atoms with Crippen LogP contribution < -0.4 is 0 Å². The van der Waals surface area contributed by atoms with E-state index in [0.29, 0.717) is 23.7 Å². The Kier molecular flexibility index (Phi) is 5.71. The van der Waals surface area contributed by atoms with Crippen LogP contribution in [-0.2, 0) is 11.3 Å². The molecule has 0 aliphatic heterocycles. The minimum absolute atomic E-state index is 0.122. The second kappa shape index (κ2) is 7.55. The molecule has 2 aromatic rings. The summed E-state index contributed by atoms with van der Waals surface area (Å²) in [5.74, 6) is 1.36. The summed E-state index contributed by atoms with van der Waals surface area (Å²) in [6, 6.07) is 8.12. The molecule has 23 heavy (non-hydrogen) atoms. The van der Waals surface area contributed by atoms with E-state index in [2.05, 4.69) is 24.0 Å². The lowest BCUT2D eigenvalue weighted by Crippen LogP contribution is -2.30. The van der Waals surface area contributed by atoms with Crippen LogP contribution in [0.2, 0.25) is 0 Å². The van der Waals surface area contributed by atoms with E-state index in [1.165, 1.54) is 5.56 Å². The third kappa shape index (κ3) is 4.51. The maximum absolute atomic E-state index is 12.2. The molecule has 1 N–H and O–H groups in total. The number of amides is 1. The maximum atomic E-state index is 12.2. The van der Waals surface area contributed by atoms with E-state index in [-0.39, 0.29) is 5.91 Å². The Morgan fingerprint density at radius 2 is 2.00 bits per heavy atom. The Morgan fingerprint density at radius 1 is 1.35 bits per heavy atom. The van der Waals surface area contributed by atoms with Gasteiger partial charge < -0.3 is 4.90 Å². The summed E-state index contributed by atoms with van der Waals surface area (Å²) in [7, 11) is 1.85. The first-order valence-corrected chi connectivity index (χ1v) is 8.25. The van der Waals surface area contributed by atoms with E-state index in [0.717, 1.165) is 17.9 Å². The minimum Gasteiger partial charge on any atom is -0.345 e. The third-order valence-corrected chi connectivity index (χ3v) is 3.99. The Morgan fingerprint density at radius 3 is 2.61 bits per heavy atom. The highest BCUT2D eigenvalue weighted by atomic mass is 32.1. The van der Waals surface area contributed by atoms with Crippen LogP contribution in [-0.4, -0.2) is 39.2 Å². The van der Waals surface area contributed by atoms with Crippen LogP contribution in [0, 0.1) is 17.6 Å². The van der Waals surface area contributed by atoms with Crippen LogP contribution in [0.3, 0.4) is 0 Å². The fourth-order valence-electron chi connectivity index (χ4n) is 2.50. The molecule has 0 saturated heterocycles. The van der Waals surface area contributed by atoms with Crippen molar-refractivity contribution in [3.63, 3.8) is 0 Å². The second-order valence-electron chi connectivity index (χ2n) is 6.29. The number of aromatic amines is 1. The molecule has 0 spiro atoms. The molecule has 1 aromatic heterocycles. The molecule has 0 atom stereocenters. The SMILES string of the molecule is Cc1ccc(-c2n[nH]c(=S)n2CCC(=O)N(C)CC(C)C)cc1. The van der Waals surface area contributed by atoms with Crippen molar-refractivity contribution in [2.24, 2.45) is 5.92 Å². The normalized spacial score (nSPS) is 11.0. The average Bonchev–Trinajstić information content (AvgIpc) is 2.86. The number of nitrogens with one attached hydrogen (secondary N) is 1. The third-order valence-electron chi connectivity index (χ3n) is 3.68. The number of aromatic nitrogens is 3. The van der Waals surface area contributed by atoms with E-state index in [4.69, 9.17) is 12.2 Å². The average molecular weight is 332 g/mol. The molecule has 1 aromatic carbocycles. The van der Waals surface area contributed by atoms with Gasteiger partial charge in [-0.1, -0.05) is 43.7 Å². The van der Waals surface area contributed by atoms with Gasteiger partial charge in [0.25, 0.3) is 0 Å². The summed E-state index contributed by atoms with van der Waals surface area (Å²) in [5.41, 5.74) is 2.19. The number of hydrogen-bond donors (Lipinski definition) is 1. The molecule has 6 heteroatoms. The zero-order valence-corrected chi connectivity index (χ0v) is 15.0. The Balaban J connectivity index is 2.12. The number of rotatable bonds is 6. The molecule has 0 unspecified atom stereocenters. The lowest BCUT2D eigenvalue weighted by molar-refractivity contribution is -0.130. The van der Waals surface area contributed by atoms with Crippen molar-refractivity contribution < 1.29 is 4.79 Å². The summed E-state index contributed by atoms with van der Waals surface area (Å²) in [6.45, 7) is 7.54. The molecule has 0 radical (unpaired) electrons. The molecule has 0 aliphatic carbocycles. The van der Waals surface area contributed by atoms with Gasteiger partial charge in [-0.15, -0.1) is 0 Å². The number of carbonyl (C=O) groups is 1. The molecule has 0 fully saturated rings. The minimum atomic E-state index is 0.122. The van der Waals surface area contributed by atoms with Gasteiger partial charge >= 0.3 is 0 Å². The molecule has 2 rings (SSSR count). The van der Waals surface area contributed by atoms with Crippen molar-refractivity contribution in [3.8, 4) is 11.4 Å². The number of nitrogens with zero attached hydrogens (tertiary/aromatic N) is 3. The summed E-state index contributed by atoms with van der Waals surface area (Å²) in [6.07, 6.45) is 0.413. The van der Waals surface area contributed by atoms with Gasteiger partial charge in [-0.3, -0.25) is 14.5 Å². The van der Waals surface area contributed by atoms with Gasteiger partial charge in [-0.2, -0.15) is 5.10 Å². The van der Waals surface area contributed by atoms with Gasteiger partial charge in [0.15, 0.2) is 10.6 Å². The van der Waals surface area contributed by atoms with E-state index in [9.17, 15) is 4.79 Å². The van der Waals surface area contributed by atoms with Crippen LogP contribution in [0.25, 0.3) is 11.4 Å². The van der Waals surface area contributed by atoms with Crippen LogP contribution in [0.5, 0.6) is 0 Å². The lowest BCUT2D eigenvalue weighted by Gasteiger charge is -2.19. The number of hydrogen-bond acceptors (Lipinski definition) is 3. The first-order valence-electron chi connectivity index (χ1n) is 7.84. The molecule has 0 saturated carbocycles. The van der Waals surface area contributed by atoms with Crippen LogP contribution >= 0.6 is 12.2 Å². The molecule has 124 valence electrons. The number of H-pyrrole nitrogens is 1. The van der Waals surface area contributed by atoms with Crippen molar-refractivity contribution in [3.05, 3.63) is 34.6 Å². The van der Waals surface area contributed by atoms with Crippen molar-refractivity contribution in [1.82, 2.24) is 19.7 Å². The zero-order valence-electron chi connectivity index (χ0n) is 14.2. The summed E-state index contributed by atoms with van der Waals surface area (Å²) < 4.78 is 2.43. The Hall–Kier alpha value is -1.95. The van der Waals surface area contributed by atoms with Crippen LogP contribution in [0.15, 0.2) is 24.3 Å². The molecular formula is C17H24N4OS. The van der Waals surface area contributed by atoms with E-state index in [1.807, 2.05) is 42.8 Å². The summed E-state index contributed by atoms with van der Waals surface area (Å²) in [5, 5.41) is 7.13. The fourth-order valence-corrected chi connectivity index (χ4v) is 2.72. The largest absolute Gasteiger partial charge is 0.345 e. The molecule has 5 nitrogen and oxygen atoms in total. The first-order chi connectivity index (χ1) is 10.9. The topological polar surface area (TPSA) is 53.9 Å². The summed E-state index contributed by atoms with van der Waals surface area (Å²) in [4.78, 5) is 14.0. The number of carbonyl (C=O) groups excluding carboxylic acids is 1. The smallest absolute Gasteiger partial charge is 0.224 e. The zero-order chi connectivity index (χ0) is 17.0. The maximum Gasteiger partial charge on any atom is 0.224 e. The Labute approximate surface area is 142 Å². The predicted molar refractivity (Wildman–Crippen MR) is 94.7 cm³/mol. The van der Waals surface area contributed by atoms with E-state index < -0.39 is 0 Å². The van der Waals surface area contributed by atoms with Gasteiger partial charge in [-0.25, -0.2) is 0 Å². The quantitative estimate of drug-likeness (QED) is 0.825. The molecule has 1 heterocycles. The fraction of sp³-hybridized carbons (Fsp3) is 0.471. The van der Waals surface area contributed by atoms with Crippen LogP contribution in [0.1, 0.15) is 25.8 Å². The van der Waals surface area contributed by atoms with E-state index >= 15 is 0 Å². The second-order valence-corrected chi connectivity index (χ2v) is 6.67. The van der Waals surface area contributed by atoms with Crippen LogP contribution in [0.4, 0.5) is 0 Å². The van der Waals surface area contributed by atoms with Crippen molar-refractivity contribution in [1.29, 1.82) is 0 Å². The highest BCUT2D eigenvalue weighted by molar-refractivity contribution is 7.71. The van der Waals surface area contributed by atoms with Gasteiger partial charge in [0.1, 0.15) is 0 Å². The van der Waals surface area contributed by atoms with Crippen molar-refractivity contribution in [2.75, 3.05) is 13.6 Å². The van der Waals surface area contributed by atoms with Crippen molar-refractivity contribution >= 4 is 18.1 Å². The van der Waals surface area contributed by atoms with Gasteiger partial charge in [0.05, 0.1) is 0 Å². The molecule has 0 bridgehead atoms. The van der Waals surface area contributed by atoms with E-state index in [1.54, 1.807) is 4.90 Å². The Bertz CT molecular complexity index is 715. The number of aryl methyl sites for hydroxylation is 1. The van der Waals surface area contributed by atoms with Crippen molar-refractivity contribution in [2.45, 2.75) is 33.7 Å². The summed E-state index contributed by atoms with van der Waals surface area (Å²) >= 11 is 5.31. The monoisotopic (exact) mass is 332 g/mol. The predicted octanol–water partition coefficient (Wildman–Crippen LogP) is 3.42. The first kappa shape index (κ1) is 17.4.